The van der Waals surface area contributed by atoms with E-state index in [0.29, 0.717) is 5.56 Å². The van der Waals surface area contributed by atoms with E-state index in [1.165, 1.54) is 24.8 Å². The molecule has 0 aliphatic carbocycles. The average molecular weight is 456 g/mol. The molecule has 0 radical (unpaired) electrons. The third-order valence-corrected chi connectivity index (χ3v) is 4.49. The second kappa shape index (κ2) is 9.98. The Morgan fingerprint density at radius 2 is 1.62 bits per heavy atom. The lowest BCUT2D eigenvalue weighted by Gasteiger charge is -2.32. The number of aldehydes is 1. The molecule has 0 atom stereocenters. The van der Waals surface area contributed by atoms with E-state index in [-0.39, 0.29) is 0 Å². The number of hydrogen-bond acceptors (Lipinski definition) is 5. The van der Waals surface area contributed by atoms with E-state index in [2.05, 4.69) is 64.7 Å². The summed E-state index contributed by atoms with van der Waals surface area (Å²) in [6, 6.07) is 3.85. The van der Waals surface area contributed by atoms with Crippen molar-refractivity contribution in [1.82, 2.24) is 19.8 Å². The molecule has 0 N–H and O–H groups in total. The number of likely N-dealkylation sites (N-methyl/N-ethyl adjacent to an activating group) is 1. The number of piperazine rings is 1. The van der Waals surface area contributed by atoms with E-state index in [9.17, 15) is 4.79 Å². The van der Waals surface area contributed by atoms with E-state index in [0.717, 1.165) is 34.9 Å². The van der Waals surface area contributed by atoms with Gasteiger partial charge in [0.2, 0.25) is 0 Å². The molecular weight excluding hydrogens is 436 g/mol. The zero-order chi connectivity index (χ0) is 17.4. The average Bonchev–Trinajstić information content (AvgIpc) is 2.58. The number of rotatable bonds is 3. The summed E-state index contributed by atoms with van der Waals surface area (Å²) in [5.41, 5.74) is 1.87. The maximum atomic E-state index is 10.1. The SMILES string of the molecule is CN1CCN(Cc2cncc(Br)c2)CC1.O=Cc1cncc(Br)c1. The number of nitrogens with zero attached hydrogens (tertiary/aromatic N) is 4. The summed E-state index contributed by atoms with van der Waals surface area (Å²) >= 11 is 6.63. The monoisotopic (exact) mass is 454 g/mol. The van der Waals surface area contributed by atoms with Gasteiger partial charge in [-0.1, -0.05) is 0 Å². The zero-order valence-corrected chi connectivity index (χ0v) is 16.7. The van der Waals surface area contributed by atoms with Crippen molar-refractivity contribution in [2.75, 3.05) is 33.2 Å². The molecule has 2 aromatic heterocycles. The third kappa shape index (κ3) is 6.76. The molecule has 0 bridgehead atoms. The molecule has 0 spiro atoms. The topological polar surface area (TPSA) is 49.3 Å². The van der Waals surface area contributed by atoms with Crippen LogP contribution in [-0.2, 0) is 6.54 Å². The van der Waals surface area contributed by atoms with Crippen molar-refractivity contribution in [3.63, 3.8) is 0 Å². The van der Waals surface area contributed by atoms with Gasteiger partial charge < -0.3 is 4.90 Å². The maximum absolute atomic E-state index is 10.1. The predicted octanol–water partition coefficient (Wildman–Crippen LogP) is 3.25. The molecular formula is C17H20Br2N4O. The van der Waals surface area contributed by atoms with Gasteiger partial charge in [-0.3, -0.25) is 19.7 Å². The summed E-state index contributed by atoms with van der Waals surface area (Å²) in [6.45, 7) is 5.66. The minimum absolute atomic E-state index is 0.587. The Morgan fingerprint density at radius 1 is 1.00 bits per heavy atom. The van der Waals surface area contributed by atoms with Crippen molar-refractivity contribution < 1.29 is 4.79 Å². The van der Waals surface area contributed by atoms with Crippen LogP contribution in [0.3, 0.4) is 0 Å². The van der Waals surface area contributed by atoms with Crippen LogP contribution in [0.15, 0.2) is 45.9 Å². The van der Waals surface area contributed by atoms with E-state index in [1.54, 1.807) is 12.3 Å². The Morgan fingerprint density at radius 3 is 2.17 bits per heavy atom. The largest absolute Gasteiger partial charge is 0.304 e. The minimum Gasteiger partial charge on any atom is -0.304 e. The first kappa shape index (κ1) is 19.2. The van der Waals surface area contributed by atoms with Gasteiger partial charge in [0.05, 0.1) is 0 Å². The molecule has 24 heavy (non-hydrogen) atoms. The summed E-state index contributed by atoms with van der Waals surface area (Å²) in [7, 11) is 2.18. The van der Waals surface area contributed by atoms with Crippen molar-refractivity contribution >= 4 is 38.1 Å². The van der Waals surface area contributed by atoms with Crippen molar-refractivity contribution in [3.05, 3.63) is 57.0 Å². The minimum atomic E-state index is 0.587. The molecule has 1 fully saturated rings. The summed E-state index contributed by atoms with van der Waals surface area (Å²) in [5, 5.41) is 0. The lowest BCUT2D eigenvalue weighted by molar-refractivity contribution is 0.112. The molecule has 0 amide bonds. The van der Waals surface area contributed by atoms with E-state index < -0.39 is 0 Å². The molecule has 128 valence electrons. The second-order valence-corrected chi connectivity index (χ2v) is 7.48. The Hall–Kier alpha value is -1.15. The highest BCUT2D eigenvalue weighted by atomic mass is 79.9. The van der Waals surface area contributed by atoms with E-state index >= 15 is 0 Å². The van der Waals surface area contributed by atoms with Gasteiger partial charge in [0, 0.05) is 72.0 Å². The van der Waals surface area contributed by atoms with E-state index in [4.69, 9.17) is 0 Å². The van der Waals surface area contributed by atoms with Crippen molar-refractivity contribution in [2.24, 2.45) is 0 Å². The van der Waals surface area contributed by atoms with Gasteiger partial charge in [0.15, 0.2) is 6.29 Å². The lowest BCUT2D eigenvalue weighted by atomic mass is 10.2. The summed E-state index contributed by atoms with van der Waals surface area (Å²) in [6.07, 6.45) is 7.68. The fraction of sp³-hybridized carbons (Fsp3) is 0.353. The molecule has 5 nitrogen and oxygen atoms in total. The fourth-order valence-corrected chi connectivity index (χ4v) is 3.09. The molecule has 3 rings (SSSR count). The van der Waals surface area contributed by atoms with Crippen LogP contribution >= 0.6 is 31.9 Å². The summed E-state index contributed by atoms with van der Waals surface area (Å²) in [4.78, 5) is 22.9. The highest BCUT2D eigenvalue weighted by molar-refractivity contribution is 9.10. The molecule has 0 aromatic carbocycles. The normalized spacial score (nSPS) is 15.5. The molecule has 0 unspecified atom stereocenters. The fourth-order valence-electron chi connectivity index (χ4n) is 2.30. The van der Waals surface area contributed by atoms with Crippen LogP contribution in [0, 0.1) is 0 Å². The number of aromatic nitrogens is 2. The van der Waals surface area contributed by atoms with Gasteiger partial charge in [-0.2, -0.15) is 0 Å². The van der Waals surface area contributed by atoms with Gasteiger partial charge in [-0.25, -0.2) is 0 Å². The standard InChI is InChI=1S/C11H16BrN3.C6H4BrNO/c1-14-2-4-15(5-3-14)9-10-6-11(12)8-13-7-10;7-6-1-5(4-9)2-8-3-6/h6-8H,2-5,9H2,1H3;1-4H. The molecule has 3 heterocycles. The Labute approximate surface area is 159 Å². The van der Waals surface area contributed by atoms with Crippen molar-refractivity contribution in [2.45, 2.75) is 6.54 Å². The number of hydrogen-bond donors (Lipinski definition) is 0. The van der Waals surface area contributed by atoms with Crippen LogP contribution in [-0.4, -0.2) is 59.3 Å². The number of pyridine rings is 2. The van der Waals surface area contributed by atoms with Crippen LogP contribution in [0.2, 0.25) is 0 Å². The van der Waals surface area contributed by atoms with Crippen LogP contribution in [0.1, 0.15) is 15.9 Å². The van der Waals surface area contributed by atoms with Gasteiger partial charge in [-0.15, -0.1) is 0 Å². The van der Waals surface area contributed by atoms with Crippen LogP contribution in [0.4, 0.5) is 0 Å². The predicted molar refractivity (Wildman–Crippen MR) is 102 cm³/mol. The maximum Gasteiger partial charge on any atom is 0.151 e. The first-order valence-electron chi connectivity index (χ1n) is 7.63. The Bertz CT molecular complexity index is 661. The third-order valence-electron chi connectivity index (χ3n) is 3.63. The smallest absolute Gasteiger partial charge is 0.151 e. The Kier molecular flexibility index (Phi) is 7.98. The van der Waals surface area contributed by atoms with Gasteiger partial charge >= 0.3 is 0 Å². The second-order valence-electron chi connectivity index (χ2n) is 5.65. The van der Waals surface area contributed by atoms with Crippen LogP contribution in [0.5, 0.6) is 0 Å². The summed E-state index contributed by atoms with van der Waals surface area (Å²) in [5.74, 6) is 0. The van der Waals surface area contributed by atoms with Crippen molar-refractivity contribution in [3.8, 4) is 0 Å². The summed E-state index contributed by atoms with van der Waals surface area (Å²) < 4.78 is 1.89. The molecule has 1 aliphatic rings. The molecule has 0 saturated carbocycles. The number of carbonyl (C=O) groups excluding carboxylic acids is 1. The van der Waals surface area contributed by atoms with E-state index in [1.807, 2.05) is 12.4 Å². The first-order chi connectivity index (χ1) is 11.6. The van der Waals surface area contributed by atoms with Gasteiger partial charge in [0.25, 0.3) is 0 Å². The van der Waals surface area contributed by atoms with Crippen LogP contribution < -0.4 is 0 Å². The highest BCUT2D eigenvalue weighted by Crippen LogP contribution is 2.12. The first-order valence-corrected chi connectivity index (χ1v) is 9.21. The van der Waals surface area contributed by atoms with Gasteiger partial charge in [0.1, 0.15) is 0 Å². The number of halogens is 2. The van der Waals surface area contributed by atoms with Crippen LogP contribution in [0.25, 0.3) is 0 Å². The van der Waals surface area contributed by atoms with Crippen molar-refractivity contribution in [1.29, 1.82) is 0 Å². The molecule has 2 aromatic rings. The zero-order valence-electron chi connectivity index (χ0n) is 13.5. The molecule has 7 heteroatoms. The molecule has 1 saturated heterocycles. The molecule has 1 aliphatic heterocycles. The quantitative estimate of drug-likeness (QED) is 0.665. The number of carbonyl (C=O) groups is 1. The van der Waals surface area contributed by atoms with Gasteiger partial charge in [-0.05, 0) is 56.6 Å². The highest BCUT2D eigenvalue weighted by Gasteiger charge is 2.13. The lowest BCUT2D eigenvalue weighted by Crippen LogP contribution is -2.43. The Balaban J connectivity index is 0.000000198.